The molecule has 1 aromatic heterocycles. The van der Waals surface area contributed by atoms with Gasteiger partial charge in [0.1, 0.15) is 0 Å². The highest BCUT2D eigenvalue weighted by molar-refractivity contribution is 7.98. The smallest absolute Gasteiger partial charge is 0.0490 e. The van der Waals surface area contributed by atoms with Crippen LogP contribution in [0.5, 0.6) is 0 Å². The second-order valence-corrected chi connectivity index (χ2v) is 10.7. The van der Waals surface area contributed by atoms with Gasteiger partial charge in [-0.25, -0.2) is 0 Å². The van der Waals surface area contributed by atoms with Crippen LogP contribution in [0.15, 0.2) is 42.6 Å². The molecule has 28 heavy (non-hydrogen) atoms. The molecule has 4 heteroatoms. The summed E-state index contributed by atoms with van der Waals surface area (Å²) in [6.07, 6.45) is 5.04. The Bertz CT molecular complexity index is 975. The SMILES string of the molecule is Cc1cccc(Cl)c1-c1ccc2c(CNSC3CC3)cn(CC(C)(C)C)c2c1. The minimum absolute atomic E-state index is 0.218. The van der Waals surface area contributed by atoms with E-state index in [0.717, 1.165) is 28.9 Å². The first-order chi connectivity index (χ1) is 13.3. The lowest BCUT2D eigenvalue weighted by molar-refractivity contribution is 0.349. The van der Waals surface area contributed by atoms with Crippen molar-refractivity contribution in [3.63, 3.8) is 0 Å². The second kappa shape index (κ2) is 7.78. The van der Waals surface area contributed by atoms with E-state index in [9.17, 15) is 0 Å². The van der Waals surface area contributed by atoms with Gasteiger partial charge in [-0.3, -0.25) is 4.72 Å². The molecule has 1 saturated carbocycles. The first kappa shape index (κ1) is 19.9. The Morgan fingerprint density at radius 2 is 1.96 bits per heavy atom. The lowest BCUT2D eigenvalue weighted by Gasteiger charge is -2.20. The second-order valence-electron chi connectivity index (χ2n) is 9.14. The number of nitrogens with zero attached hydrogens (tertiary/aromatic N) is 1. The Labute approximate surface area is 177 Å². The Morgan fingerprint density at radius 1 is 1.18 bits per heavy atom. The van der Waals surface area contributed by atoms with Crippen LogP contribution in [0.25, 0.3) is 22.0 Å². The van der Waals surface area contributed by atoms with E-state index in [0.29, 0.717) is 0 Å². The van der Waals surface area contributed by atoms with Crippen molar-refractivity contribution in [2.75, 3.05) is 0 Å². The molecule has 1 aliphatic carbocycles. The van der Waals surface area contributed by atoms with Gasteiger partial charge in [0.05, 0.1) is 0 Å². The molecule has 0 unspecified atom stereocenters. The van der Waals surface area contributed by atoms with Crippen LogP contribution in [0.4, 0.5) is 0 Å². The summed E-state index contributed by atoms with van der Waals surface area (Å²) < 4.78 is 6.00. The third kappa shape index (κ3) is 4.42. The molecule has 1 N–H and O–H groups in total. The van der Waals surface area contributed by atoms with Crippen molar-refractivity contribution >= 4 is 34.5 Å². The van der Waals surface area contributed by atoms with Crippen molar-refractivity contribution in [3.8, 4) is 11.1 Å². The molecule has 0 atom stereocenters. The average Bonchev–Trinajstić information content (AvgIpc) is 3.37. The predicted molar refractivity (Wildman–Crippen MR) is 124 cm³/mol. The molecule has 148 valence electrons. The van der Waals surface area contributed by atoms with Gasteiger partial charge in [-0.05, 0) is 54.0 Å². The highest BCUT2D eigenvalue weighted by atomic mass is 35.5. The van der Waals surface area contributed by atoms with Gasteiger partial charge >= 0.3 is 0 Å². The predicted octanol–water partition coefficient (Wildman–Crippen LogP) is 7.22. The van der Waals surface area contributed by atoms with Crippen LogP contribution in [0.2, 0.25) is 5.02 Å². The van der Waals surface area contributed by atoms with Gasteiger partial charge < -0.3 is 4.57 Å². The van der Waals surface area contributed by atoms with Gasteiger partial charge in [0.15, 0.2) is 0 Å². The molecule has 0 spiro atoms. The molecule has 3 aromatic rings. The quantitative estimate of drug-likeness (QED) is 0.430. The third-order valence-corrected chi connectivity index (χ3v) is 6.59. The van der Waals surface area contributed by atoms with Gasteiger partial charge in [0, 0.05) is 46.0 Å². The van der Waals surface area contributed by atoms with Gasteiger partial charge in [-0.1, -0.05) is 68.6 Å². The summed E-state index contributed by atoms with van der Waals surface area (Å²) in [5, 5.41) is 2.97. The van der Waals surface area contributed by atoms with Crippen molar-refractivity contribution in [1.82, 2.24) is 9.29 Å². The molecule has 0 bridgehead atoms. The first-order valence-corrected chi connectivity index (χ1v) is 11.3. The van der Waals surface area contributed by atoms with Crippen molar-refractivity contribution in [2.24, 2.45) is 5.41 Å². The van der Waals surface area contributed by atoms with Crippen LogP contribution in [-0.2, 0) is 13.1 Å². The van der Waals surface area contributed by atoms with Crippen molar-refractivity contribution in [3.05, 3.63) is 58.7 Å². The number of aromatic nitrogens is 1. The van der Waals surface area contributed by atoms with E-state index < -0.39 is 0 Å². The fourth-order valence-electron chi connectivity index (χ4n) is 3.73. The summed E-state index contributed by atoms with van der Waals surface area (Å²) in [4.78, 5) is 0. The number of benzene rings is 2. The summed E-state index contributed by atoms with van der Waals surface area (Å²) >= 11 is 8.45. The van der Waals surface area contributed by atoms with Gasteiger partial charge in [0.2, 0.25) is 0 Å². The maximum Gasteiger partial charge on any atom is 0.0490 e. The standard InChI is InChI=1S/C24H29ClN2S/c1-16-6-5-7-21(25)23(16)17-8-11-20-18(13-26-28-19-9-10-19)14-27(22(20)12-17)15-24(2,3)4/h5-8,11-12,14,19,26H,9-10,13,15H2,1-4H3. The highest BCUT2D eigenvalue weighted by Crippen LogP contribution is 2.36. The minimum atomic E-state index is 0.218. The van der Waals surface area contributed by atoms with E-state index in [4.69, 9.17) is 11.6 Å². The van der Waals surface area contributed by atoms with E-state index in [1.54, 1.807) is 0 Å². The molecule has 0 radical (unpaired) electrons. The lowest BCUT2D eigenvalue weighted by Crippen LogP contribution is -2.14. The molecule has 0 saturated heterocycles. The van der Waals surface area contributed by atoms with Crippen LogP contribution >= 0.6 is 23.5 Å². The van der Waals surface area contributed by atoms with E-state index in [-0.39, 0.29) is 5.41 Å². The van der Waals surface area contributed by atoms with E-state index in [2.05, 4.69) is 67.4 Å². The zero-order chi connectivity index (χ0) is 19.9. The molecule has 0 aliphatic heterocycles. The van der Waals surface area contributed by atoms with Gasteiger partial charge in [-0.15, -0.1) is 0 Å². The van der Waals surface area contributed by atoms with Crippen LogP contribution in [0.1, 0.15) is 44.7 Å². The topological polar surface area (TPSA) is 17.0 Å². The molecular weight excluding hydrogens is 384 g/mol. The Kier molecular flexibility index (Phi) is 5.52. The fraction of sp³-hybridized carbons (Fsp3) is 0.417. The average molecular weight is 413 g/mol. The Hall–Kier alpha value is -1.42. The lowest BCUT2D eigenvalue weighted by atomic mass is 9.96. The fourth-order valence-corrected chi connectivity index (χ4v) is 4.90. The third-order valence-electron chi connectivity index (χ3n) is 5.16. The minimum Gasteiger partial charge on any atom is -0.347 e. The van der Waals surface area contributed by atoms with Crippen LogP contribution < -0.4 is 4.72 Å². The van der Waals surface area contributed by atoms with Gasteiger partial charge in [0.25, 0.3) is 0 Å². The number of hydrogen-bond acceptors (Lipinski definition) is 2. The van der Waals surface area contributed by atoms with Crippen LogP contribution in [0.3, 0.4) is 0 Å². The molecule has 1 heterocycles. The van der Waals surface area contributed by atoms with E-state index in [1.807, 2.05) is 24.1 Å². The number of hydrogen-bond donors (Lipinski definition) is 1. The zero-order valence-corrected chi connectivity index (χ0v) is 18.8. The molecule has 4 rings (SSSR count). The van der Waals surface area contributed by atoms with Crippen molar-refractivity contribution < 1.29 is 0 Å². The van der Waals surface area contributed by atoms with Gasteiger partial charge in [-0.2, -0.15) is 0 Å². The largest absolute Gasteiger partial charge is 0.347 e. The Balaban J connectivity index is 1.75. The molecule has 0 amide bonds. The first-order valence-electron chi connectivity index (χ1n) is 10.1. The number of nitrogens with one attached hydrogen (secondary N) is 1. The Morgan fingerprint density at radius 3 is 2.64 bits per heavy atom. The summed E-state index contributed by atoms with van der Waals surface area (Å²) in [5.74, 6) is 0. The van der Waals surface area contributed by atoms with Crippen LogP contribution in [-0.4, -0.2) is 9.82 Å². The number of fused-ring (bicyclic) bond motifs is 1. The van der Waals surface area contributed by atoms with Crippen molar-refractivity contribution in [1.29, 1.82) is 0 Å². The number of halogens is 1. The monoisotopic (exact) mass is 412 g/mol. The maximum atomic E-state index is 6.55. The summed E-state index contributed by atoms with van der Waals surface area (Å²) in [6, 6.07) is 12.9. The number of rotatable bonds is 6. The molecule has 1 fully saturated rings. The van der Waals surface area contributed by atoms with Crippen LogP contribution in [0, 0.1) is 12.3 Å². The highest BCUT2D eigenvalue weighted by Gasteiger charge is 2.22. The summed E-state index contributed by atoms with van der Waals surface area (Å²) in [5.41, 5.74) is 6.42. The van der Waals surface area contributed by atoms with Crippen molar-refractivity contribution in [2.45, 2.75) is 58.9 Å². The molecule has 2 aromatic carbocycles. The maximum absolute atomic E-state index is 6.55. The summed E-state index contributed by atoms with van der Waals surface area (Å²) in [6.45, 7) is 10.9. The summed E-state index contributed by atoms with van der Waals surface area (Å²) in [7, 11) is 0. The van der Waals surface area contributed by atoms with E-state index in [1.165, 1.54) is 40.4 Å². The molecular formula is C24H29ClN2S. The molecule has 2 nitrogen and oxygen atoms in total. The molecule has 1 aliphatic rings. The van der Waals surface area contributed by atoms with E-state index >= 15 is 0 Å². The number of aryl methyl sites for hydroxylation is 1. The zero-order valence-electron chi connectivity index (χ0n) is 17.2. The normalized spacial score (nSPS) is 14.8.